The molecule has 0 radical (unpaired) electrons. The van der Waals surface area contributed by atoms with E-state index in [1.54, 1.807) is 0 Å². The Hall–Kier alpha value is -1.51. The van der Waals surface area contributed by atoms with Gasteiger partial charge in [0, 0.05) is 5.69 Å². The van der Waals surface area contributed by atoms with Gasteiger partial charge in [-0.1, -0.05) is 21.5 Å². The highest BCUT2D eigenvalue weighted by atomic mass is 31.0. The van der Waals surface area contributed by atoms with Crippen LogP contribution in [0.5, 0.6) is 0 Å². The van der Waals surface area contributed by atoms with Gasteiger partial charge >= 0.3 is 19.2 Å². The van der Waals surface area contributed by atoms with Gasteiger partial charge in [0.25, 0.3) is 0 Å². The number of hydrogen-bond donors (Lipinski definition) is 5. The molecule has 5 N–H and O–H groups in total. The van der Waals surface area contributed by atoms with Crippen LogP contribution in [0.25, 0.3) is 0 Å². The van der Waals surface area contributed by atoms with E-state index in [1.165, 1.54) is 24.3 Å². The van der Waals surface area contributed by atoms with E-state index in [-0.39, 0.29) is 11.2 Å². The van der Waals surface area contributed by atoms with Crippen molar-refractivity contribution >= 4 is 39.7 Å². The van der Waals surface area contributed by atoms with Gasteiger partial charge < -0.3 is 19.9 Å². The molecule has 1 aromatic carbocycles. The lowest BCUT2D eigenvalue weighted by Gasteiger charge is -2.11. The van der Waals surface area contributed by atoms with Crippen LogP contribution < -0.4 is 15.9 Å². The summed E-state index contributed by atoms with van der Waals surface area (Å²) in [5.74, 6) is -0.946. The molecule has 0 saturated heterocycles. The van der Waals surface area contributed by atoms with Crippen LogP contribution in [-0.2, 0) is 9.53 Å². The number of anilines is 1. The fraction of sp³-hybridized carbons (Fsp3) is 0.200. The first-order chi connectivity index (χ1) is 9.47. The first-order valence-electron chi connectivity index (χ1n) is 5.53. The average molecular weight is 300 g/mol. The second kappa shape index (κ2) is 7.93. The average Bonchev–Trinajstić information content (AvgIpc) is 2.40. The lowest BCUT2D eigenvalue weighted by Crippen LogP contribution is -2.37. The van der Waals surface area contributed by atoms with E-state index in [0.717, 1.165) is 0 Å². The molecule has 1 amide bonds. The largest absolute Gasteiger partial charge is 0.488 e. The SMILES string of the molecule is O=C(Nc1cccc(B(O)O)c1)OC(=O)[C@H](CO)NP. The van der Waals surface area contributed by atoms with E-state index in [0.29, 0.717) is 0 Å². The molecule has 0 saturated carbocycles. The molecule has 1 rings (SSSR count). The second-order valence-electron chi connectivity index (χ2n) is 3.73. The van der Waals surface area contributed by atoms with Crippen molar-refractivity contribution in [2.24, 2.45) is 0 Å². The normalized spacial score (nSPS) is 11.6. The monoisotopic (exact) mass is 300 g/mol. The van der Waals surface area contributed by atoms with Crippen LogP contribution in [0.2, 0.25) is 0 Å². The second-order valence-corrected chi connectivity index (χ2v) is 4.07. The maximum atomic E-state index is 11.4. The lowest BCUT2D eigenvalue weighted by molar-refractivity contribution is -0.139. The molecule has 10 heteroatoms. The lowest BCUT2D eigenvalue weighted by atomic mass is 9.80. The topological polar surface area (TPSA) is 128 Å². The van der Waals surface area contributed by atoms with Crippen molar-refractivity contribution in [2.45, 2.75) is 6.04 Å². The van der Waals surface area contributed by atoms with Gasteiger partial charge in [-0.15, -0.1) is 0 Å². The highest BCUT2D eigenvalue weighted by molar-refractivity contribution is 7.13. The highest BCUT2D eigenvalue weighted by Crippen LogP contribution is 2.05. The number of benzene rings is 1. The van der Waals surface area contributed by atoms with Crippen LogP contribution in [-0.4, -0.2) is 47.0 Å². The number of ether oxygens (including phenoxy) is 1. The predicted molar refractivity (Wildman–Crippen MR) is 75.1 cm³/mol. The Balaban J connectivity index is 2.62. The Kier molecular flexibility index (Phi) is 6.56. The third-order valence-electron chi connectivity index (χ3n) is 2.29. The fourth-order valence-corrected chi connectivity index (χ4v) is 1.52. The molecule has 0 fully saturated rings. The number of rotatable bonds is 5. The van der Waals surface area contributed by atoms with Crippen molar-refractivity contribution in [3.05, 3.63) is 24.3 Å². The zero-order valence-electron chi connectivity index (χ0n) is 10.3. The van der Waals surface area contributed by atoms with Crippen LogP contribution in [0.3, 0.4) is 0 Å². The van der Waals surface area contributed by atoms with Crippen molar-refractivity contribution < 1.29 is 29.5 Å². The molecule has 0 aromatic heterocycles. The minimum absolute atomic E-state index is 0.175. The number of carbonyl (C=O) groups excluding carboxylic acids is 2. The summed E-state index contributed by atoms with van der Waals surface area (Å²) in [7, 11) is 0.353. The van der Waals surface area contributed by atoms with E-state index in [9.17, 15) is 9.59 Å². The van der Waals surface area contributed by atoms with E-state index >= 15 is 0 Å². The van der Waals surface area contributed by atoms with E-state index in [4.69, 9.17) is 15.2 Å². The minimum Gasteiger partial charge on any atom is -0.423 e. The molecule has 20 heavy (non-hydrogen) atoms. The van der Waals surface area contributed by atoms with Crippen LogP contribution in [0.15, 0.2) is 24.3 Å². The molecule has 0 bridgehead atoms. The van der Waals surface area contributed by atoms with Gasteiger partial charge in [0.1, 0.15) is 6.04 Å². The van der Waals surface area contributed by atoms with Crippen molar-refractivity contribution in [1.82, 2.24) is 5.09 Å². The number of carbonyl (C=O) groups is 2. The number of nitrogens with one attached hydrogen (secondary N) is 2. The van der Waals surface area contributed by atoms with Gasteiger partial charge in [0.15, 0.2) is 0 Å². The minimum atomic E-state index is -1.67. The van der Waals surface area contributed by atoms with Gasteiger partial charge in [-0.3, -0.25) is 10.4 Å². The third-order valence-corrected chi connectivity index (χ3v) is 2.70. The summed E-state index contributed by atoms with van der Waals surface area (Å²) < 4.78 is 4.45. The molecule has 0 aliphatic heterocycles. The Bertz CT molecular complexity index is 483. The number of amides is 1. The van der Waals surface area contributed by atoms with Crippen molar-refractivity contribution in [2.75, 3.05) is 11.9 Å². The third kappa shape index (κ3) is 4.88. The molecule has 0 spiro atoms. The summed E-state index contributed by atoms with van der Waals surface area (Å²) in [6.07, 6.45) is -1.04. The molecule has 108 valence electrons. The predicted octanol–water partition coefficient (Wildman–Crippen LogP) is -1.82. The fourth-order valence-electron chi connectivity index (χ4n) is 1.28. The van der Waals surface area contributed by atoms with Crippen molar-refractivity contribution in [3.8, 4) is 0 Å². The Morgan fingerprint density at radius 2 is 2.10 bits per heavy atom. The van der Waals surface area contributed by atoms with Gasteiger partial charge in [0.2, 0.25) is 0 Å². The number of aliphatic hydroxyl groups excluding tert-OH is 1. The first-order valence-corrected chi connectivity index (χ1v) is 6.11. The van der Waals surface area contributed by atoms with E-state index in [1.807, 2.05) is 9.39 Å². The molecular weight excluding hydrogens is 286 g/mol. The molecule has 0 aliphatic carbocycles. The molecule has 2 atom stereocenters. The summed E-state index contributed by atoms with van der Waals surface area (Å²) in [4.78, 5) is 22.8. The first kappa shape index (κ1) is 16.5. The quantitative estimate of drug-likeness (QED) is 0.187. The Morgan fingerprint density at radius 3 is 2.65 bits per heavy atom. The van der Waals surface area contributed by atoms with Gasteiger partial charge in [-0.25, -0.2) is 9.59 Å². The summed E-state index contributed by atoms with van der Waals surface area (Å²) >= 11 is 0. The van der Waals surface area contributed by atoms with Gasteiger partial charge in [-0.05, 0) is 17.6 Å². The zero-order valence-corrected chi connectivity index (χ0v) is 11.5. The summed E-state index contributed by atoms with van der Waals surface area (Å²) in [6, 6.07) is 4.71. The van der Waals surface area contributed by atoms with E-state index in [2.05, 4.69) is 15.1 Å². The molecule has 1 unspecified atom stereocenters. The Labute approximate surface area is 117 Å². The molecule has 0 aliphatic rings. The maximum absolute atomic E-state index is 11.4. The summed E-state index contributed by atoms with van der Waals surface area (Å²) in [5.41, 5.74) is 0.404. The summed E-state index contributed by atoms with van der Waals surface area (Å²) in [5, 5.41) is 31.4. The summed E-state index contributed by atoms with van der Waals surface area (Å²) in [6.45, 7) is -0.526. The molecule has 0 heterocycles. The van der Waals surface area contributed by atoms with Crippen molar-refractivity contribution in [1.29, 1.82) is 0 Å². The van der Waals surface area contributed by atoms with E-state index < -0.39 is 31.8 Å². The number of esters is 1. The van der Waals surface area contributed by atoms with Crippen LogP contribution in [0.1, 0.15) is 0 Å². The standard InChI is InChI=1S/C10H14BN2O6P/c14-5-8(13-20)9(15)19-10(16)12-7-3-1-2-6(4-7)11(17)18/h1-4,8,13-14,17-18H,5,20H2,(H,12,16)/t8-/m0/s1. The highest BCUT2D eigenvalue weighted by Gasteiger charge is 2.20. The van der Waals surface area contributed by atoms with Crippen molar-refractivity contribution in [3.63, 3.8) is 0 Å². The zero-order chi connectivity index (χ0) is 15.1. The van der Waals surface area contributed by atoms with Gasteiger partial charge in [-0.2, -0.15) is 0 Å². The Morgan fingerprint density at radius 1 is 1.40 bits per heavy atom. The maximum Gasteiger partial charge on any atom is 0.488 e. The molecule has 8 nitrogen and oxygen atoms in total. The van der Waals surface area contributed by atoms with Crippen LogP contribution in [0, 0.1) is 0 Å². The number of aliphatic hydroxyl groups is 1. The molecular formula is C10H14BN2O6P. The smallest absolute Gasteiger partial charge is 0.423 e. The molecule has 1 aromatic rings. The number of hydrogen-bond acceptors (Lipinski definition) is 7. The van der Waals surface area contributed by atoms with Crippen LogP contribution >= 0.6 is 9.39 Å². The van der Waals surface area contributed by atoms with Crippen LogP contribution in [0.4, 0.5) is 10.5 Å². The van der Waals surface area contributed by atoms with Gasteiger partial charge in [0.05, 0.1) is 6.61 Å².